The Morgan fingerprint density at radius 1 is 0.919 bits per heavy atom. The molecule has 0 spiro atoms. The first-order chi connectivity index (χ1) is 17.8. The molecule has 3 rings (SSSR count). The average Bonchev–Trinajstić information content (AvgIpc) is 3.32. The van der Waals surface area contributed by atoms with E-state index < -0.39 is 0 Å². The van der Waals surface area contributed by atoms with Crippen LogP contribution in [0.4, 0.5) is 0 Å². The molecule has 1 aromatic heterocycles. The van der Waals surface area contributed by atoms with Gasteiger partial charge in [-0.3, -0.25) is 9.59 Å². The molecule has 0 unspecified atom stereocenters. The van der Waals surface area contributed by atoms with Gasteiger partial charge in [-0.1, -0.05) is 23.7 Å². The first kappa shape index (κ1) is 28.5. The summed E-state index contributed by atoms with van der Waals surface area (Å²) in [6.07, 6.45) is 0.622. The SMILES string of the molecule is COCCN(CC(=O)N(CCc1ccc(OC)c(OC)c1)Cc1ccc(C)s1)C(=O)c1cccc(Cl)c1. The van der Waals surface area contributed by atoms with E-state index in [2.05, 4.69) is 0 Å². The molecule has 2 aromatic carbocycles. The number of rotatable bonds is 13. The minimum atomic E-state index is -0.264. The Morgan fingerprint density at radius 2 is 1.70 bits per heavy atom. The van der Waals surface area contributed by atoms with Crippen LogP contribution >= 0.6 is 22.9 Å². The van der Waals surface area contributed by atoms with Gasteiger partial charge in [-0.05, 0) is 61.4 Å². The predicted octanol–water partition coefficient (Wildman–Crippen LogP) is 5.09. The van der Waals surface area contributed by atoms with Crippen LogP contribution in [-0.4, -0.2) is 69.2 Å². The summed E-state index contributed by atoms with van der Waals surface area (Å²) in [6, 6.07) is 16.6. The van der Waals surface area contributed by atoms with Crippen LogP contribution in [0.5, 0.6) is 11.5 Å². The molecule has 0 aliphatic heterocycles. The Balaban J connectivity index is 1.79. The molecule has 9 heteroatoms. The van der Waals surface area contributed by atoms with Crippen molar-refractivity contribution in [2.75, 3.05) is 47.6 Å². The Labute approximate surface area is 227 Å². The number of hydrogen-bond acceptors (Lipinski definition) is 6. The first-order valence-corrected chi connectivity index (χ1v) is 13.1. The Hall–Kier alpha value is -3.07. The fourth-order valence-corrected chi connectivity index (χ4v) is 4.97. The maximum atomic E-state index is 13.6. The van der Waals surface area contributed by atoms with Crippen molar-refractivity contribution in [3.05, 3.63) is 80.5 Å². The standard InChI is InChI=1S/C28H33ClN2O5S/c1-20-8-10-24(37-20)18-30(13-12-21-9-11-25(35-3)26(16-21)36-4)27(32)19-31(14-15-34-2)28(33)22-6-5-7-23(29)17-22/h5-11,16-17H,12-15,18-19H2,1-4H3. The third kappa shape index (κ3) is 8.21. The molecule has 37 heavy (non-hydrogen) atoms. The number of methoxy groups -OCH3 is 3. The van der Waals surface area contributed by atoms with Crippen molar-refractivity contribution in [1.29, 1.82) is 0 Å². The van der Waals surface area contributed by atoms with E-state index in [0.717, 1.165) is 10.4 Å². The van der Waals surface area contributed by atoms with E-state index in [1.54, 1.807) is 61.8 Å². The summed E-state index contributed by atoms with van der Waals surface area (Å²) in [5, 5.41) is 0.466. The first-order valence-electron chi connectivity index (χ1n) is 11.9. The van der Waals surface area contributed by atoms with Crippen LogP contribution in [0.15, 0.2) is 54.6 Å². The summed E-state index contributed by atoms with van der Waals surface area (Å²) in [5.74, 6) is 0.892. The molecular weight excluding hydrogens is 512 g/mol. The number of halogens is 1. The lowest BCUT2D eigenvalue weighted by atomic mass is 10.1. The van der Waals surface area contributed by atoms with Crippen LogP contribution in [0.2, 0.25) is 5.02 Å². The number of amides is 2. The smallest absolute Gasteiger partial charge is 0.254 e. The molecule has 2 amide bonds. The predicted molar refractivity (Wildman–Crippen MR) is 147 cm³/mol. The molecule has 3 aromatic rings. The third-order valence-corrected chi connectivity index (χ3v) is 7.08. The molecule has 0 aliphatic rings. The van der Waals surface area contributed by atoms with Crippen molar-refractivity contribution in [2.24, 2.45) is 0 Å². The van der Waals surface area contributed by atoms with Gasteiger partial charge in [0, 0.05) is 40.5 Å². The molecule has 0 atom stereocenters. The summed E-state index contributed by atoms with van der Waals surface area (Å²) in [4.78, 5) is 32.4. The third-order valence-electron chi connectivity index (χ3n) is 5.86. The number of nitrogens with zero attached hydrogens (tertiary/aromatic N) is 2. The second-order valence-electron chi connectivity index (χ2n) is 8.50. The number of ether oxygens (including phenoxy) is 3. The van der Waals surface area contributed by atoms with Gasteiger partial charge in [0.1, 0.15) is 6.54 Å². The molecule has 198 valence electrons. The van der Waals surface area contributed by atoms with Gasteiger partial charge in [-0.15, -0.1) is 11.3 Å². The summed E-state index contributed by atoms with van der Waals surface area (Å²) < 4.78 is 16.0. The highest BCUT2D eigenvalue weighted by Crippen LogP contribution is 2.28. The van der Waals surface area contributed by atoms with Gasteiger partial charge < -0.3 is 24.0 Å². The van der Waals surface area contributed by atoms with E-state index in [4.69, 9.17) is 25.8 Å². The molecular formula is C28H33ClN2O5S. The molecule has 0 aliphatic carbocycles. The maximum Gasteiger partial charge on any atom is 0.254 e. The zero-order valence-corrected chi connectivity index (χ0v) is 23.2. The number of carbonyl (C=O) groups excluding carboxylic acids is 2. The van der Waals surface area contributed by atoms with Gasteiger partial charge in [0.2, 0.25) is 5.91 Å². The second-order valence-corrected chi connectivity index (χ2v) is 10.3. The number of benzene rings is 2. The van der Waals surface area contributed by atoms with Crippen molar-refractivity contribution >= 4 is 34.8 Å². The number of thiophene rings is 1. The lowest BCUT2D eigenvalue weighted by molar-refractivity contribution is -0.132. The Bertz CT molecular complexity index is 1200. The molecule has 0 fully saturated rings. The fourth-order valence-electron chi connectivity index (χ4n) is 3.87. The van der Waals surface area contributed by atoms with Gasteiger partial charge in [0.15, 0.2) is 11.5 Å². The van der Waals surface area contributed by atoms with Gasteiger partial charge in [0.05, 0.1) is 27.4 Å². The lowest BCUT2D eigenvalue weighted by Gasteiger charge is -2.28. The van der Waals surface area contributed by atoms with Crippen LogP contribution in [0, 0.1) is 6.92 Å². The van der Waals surface area contributed by atoms with Crippen LogP contribution in [0.1, 0.15) is 25.7 Å². The summed E-state index contributed by atoms with van der Waals surface area (Å²) in [5.41, 5.74) is 1.45. The topological polar surface area (TPSA) is 68.3 Å². The van der Waals surface area contributed by atoms with Crippen molar-refractivity contribution in [2.45, 2.75) is 19.9 Å². The average molecular weight is 545 g/mol. The van der Waals surface area contributed by atoms with E-state index in [1.807, 2.05) is 37.3 Å². The molecule has 0 saturated carbocycles. The Kier molecular flexibility index (Phi) is 10.8. The Morgan fingerprint density at radius 3 is 2.35 bits per heavy atom. The van der Waals surface area contributed by atoms with Gasteiger partial charge in [-0.2, -0.15) is 0 Å². The molecule has 7 nitrogen and oxygen atoms in total. The highest BCUT2D eigenvalue weighted by molar-refractivity contribution is 7.11. The van der Waals surface area contributed by atoms with E-state index in [-0.39, 0.29) is 24.9 Å². The minimum Gasteiger partial charge on any atom is -0.493 e. The highest BCUT2D eigenvalue weighted by Gasteiger charge is 2.23. The molecule has 0 saturated heterocycles. The van der Waals surface area contributed by atoms with Crippen LogP contribution in [0.3, 0.4) is 0 Å². The zero-order valence-electron chi connectivity index (χ0n) is 21.7. The molecule has 0 radical (unpaired) electrons. The van der Waals surface area contributed by atoms with Crippen LogP contribution in [0.25, 0.3) is 0 Å². The van der Waals surface area contributed by atoms with E-state index in [9.17, 15) is 9.59 Å². The van der Waals surface area contributed by atoms with E-state index in [1.165, 1.54) is 9.78 Å². The largest absolute Gasteiger partial charge is 0.493 e. The number of carbonyl (C=O) groups is 2. The zero-order chi connectivity index (χ0) is 26.8. The van der Waals surface area contributed by atoms with Crippen LogP contribution in [-0.2, 0) is 22.5 Å². The van der Waals surface area contributed by atoms with Crippen molar-refractivity contribution < 1.29 is 23.8 Å². The van der Waals surface area contributed by atoms with E-state index in [0.29, 0.717) is 48.2 Å². The maximum absolute atomic E-state index is 13.6. The van der Waals surface area contributed by atoms with E-state index >= 15 is 0 Å². The van der Waals surface area contributed by atoms with Crippen molar-refractivity contribution in [1.82, 2.24) is 9.80 Å². The quantitative estimate of drug-likeness (QED) is 0.300. The monoisotopic (exact) mass is 544 g/mol. The highest BCUT2D eigenvalue weighted by atomic mass is 35.5. The summed E-state index contributed by atoms with van der Waals surface area (Å²) in [6.45, 7) is 3.53. The molecule has 0 N–H and O–H groups in total. The second kappa shape index (κ2) is 14.0. The van der Waals surface area contributed by atoms with Gasteiger partial charge in [0.25, 0.3) is 5.91 Å². The number of hydrogen-bond donors (Lipinski definition) is 0. The minimum absolute atomic E-state index is 0.0645. The molecule has 1 heterocycles. The number of aryl methyl sites for hydroxylation is 1. The fraction of sp³-hybridized carbons (Fsp3) is 0.357. The molecule has 0 bridgehead atoms. The van der Waals surface area contributed by atoms with Crippen LogP contribution < -0.4 is 9.47 Å². The normalized spacial score (nSPS) is 10.7. The summed E-state index contributed by atoms with van der Waals surface area (Å²) in [7, 11) is 4.77. The lowest BCUT2D eigenvalue weighted by Crippen LogP contribution is -2.44. The van der Waals surface area contributed by atoms with Gasteiger partial charge >= 0.3 is 0 Å². The summed E-state index contributed by atoms with van der Waals surface area (Å²) >= 11 is 7.76. The van der Waals surface area contributed by atoms with Crippen molar-refractivity contribution in [3.8, 4) is 11.5 Å². The van der Waals surface area contributed by atoms with Crippen molar-refractivity contribution in [3.63, 3.8) is 0 Å². The van der Waals surface area contributed by atoms with Gasteiger partial charge in [-0.25, -0.2) is 0 Å².